The maximum atomic E-state index is 13.3. The van der Waals surface area contributed by atoms with Gasteiger partial charge in [0.05, 0.1) is 53.1 Å². The van der Waals surface area contributed by atoms with E-state index in [9.17, 15) is 28.8 Å². The fraction of sp³-hybridized carbons (Fsp3) is 0.782. The Labute approximate surface area is 412 Å². The molecule has 0 saturated heterocycles. The molecule has 0 heterocycles. The van der Waals surface area contributed by atoms with Gasteiger partial charge >= 0.3 is 17.9 Å². The highest BCUT2D eigenvalue weighted by Crippen LogP contribution is 2.14. The van der Waals surface area contributed by atoms with Crippen molar-refractivity contribution in [2.75, 3.05) is 47.5 Å². The standard InChI is InChI=1S/C55H96N4O9/c1-8-9-10-11-12-13-16-22-28-33-44-68-55(65)49(39-40-51(61)66-42-31-26-21-17-18-23-27-32-43-67-54(64)48-37-35-45(2)36-38-48)58-53(63)47(4)57-52(62)46(3)56-50(60)34-29-24-19-14-15-20-25-30-41-59(5,6)7/h35-38,46-47,49H,8-34,39-44H2,1-7H3,(H2-,56,57,58,60,62,63)/p+1/t46-,47+,49+/m1/s1. The van der Waals surface area contributed by atoms with Crippen LogP contribution < -0.4 is 16.0 Å². The number of aryl methyl sites for hydroxylation is 1. The SMILES string of the molecule is CCCCCCCCCCCCOC(=O)[C@H](CCC(=O)OCCCCCCCCCCOC(=O)c1ccc(C)cc1)NC(=O)[C@H](C)NC(=O)[C@@H](C)NC(=O)CCCCCCCCCC[N+](C)(C)C. The van der Waals surface area contributed by atoms with E-state index in [2.05, 4.69) is 44.0 Å². The number of unbranched alkanes of at least 4 members (excludes halogenated alkanes) is 23. The van der Waals surface area contributed by atoms with Crippen molar-refractivity contribution in [1.82, 2.24) is 16.0 Å². The Hall–Kier alpha value is -4.00. The zero-order valence-electron chi connectivity index (χ0n) is 44.0. The van der Waals surface area contributed by atoms with Crippen LogP contribution in [0.15, 0.2) is 24.3 Å². The van der Waals surface area contributed by atoms with Crippen molar-refractivity contribution in [3.05, 3.63) is 35.4 Å². The van der Waals surface area contributed by atoms with Gasteiger partial charge in [0.1, 0.15) is 18.1 Å². The summed E-state index contributed by atoms with van der Waals surface area (Å²) < 4.78 is 17.4. The summed E-state index contributed by atoms with van der Waals surface area (Å²) in [5.74, 6) is -2.68. The van der Waals surface area contributed by atoms with E-state index in [1.807, 2.05) is 19.1 Å². The molecule has 1 rings (SSSR count). The highest BCUT2D eigenvalue weighted by Gasteiger charge is 2.28. The topological polar surface area (TPSA) is 166 Å². The van der Waals surface area contributed by atoms with Crippen LogP contribution in [0.2, 0.25) is 0 Å². The summed E-state index contributed by atoms with van der Waals surface area (Å²) >= 11 is 0. The lowest BCUT2D eigenvalue weighted by Crippen LogP contribution is -2.54. The monoisotopic (exact) mass is 958 g/mol. The molecular weight excluding hydrogens is 861 g/mol. The second-order valence-corrected chi connectivity index (χ2v) is 20.1. The maximum absolute atomic E-state index is 13.3. The van der Waals surface area contributed by atoms with Gasteiger partial charge in [0.15, 0.2) is 0 Å². The van der Waals surface area contributed by atoms with Crippen LogP contribution in [0.25, 0.3) is 0 Å². The number of quaternary nitrogens is 1. The van der Waals surface area contributed by atoms with Gasteiger partial charge < -0.3 is 34.6 Å². The van der Waals surface area contributed by atoms with Crippen LogP contribution in [0, 0.1) is 6.92 Å². The molecule has 3 atom stereocenters. The lowest BCUT2D eigenvalue weighted by atomic mass is 10.1. The normalized spacial score (nSPS) is 12.7. The lowest BCUT2D eigenvalue weighted by molar-refractivity contribution is -0.870. The summed E-state index contributed by atoms with van der Waals surface area (Å²) in [4.78, 5) is 77.0. The third kappa shape index (κ3) is 35.2. The molecule has 3 N–H and O–H groups in total. The van der Waals surface area contributed by atoms with E-state index >= 15 is 0 Å². The first-order valence-corrected chi connectivity index (χ1v) is 26.9. The first-order chi connectivity index (χ1) is 32.6. The number of nitrogens with zero attached hydrogens (tertiary/aromatic N) is 1. The predicted octanol–water partition coefficient (Wildman–Crippen LogP) is 10.8. The summed E-state index contributed by atoms with van der Waals surface area (Å²) in [5, 5.41) is 8.07. The van der Waals surface area contributed by atoms with Gasteiger partial charge in [-0.3, -0.25) is 19.2 Å². The highest BCUT2D eigenvalue weighted by atomic mass is 16.5. The lowest BCUT2D eigenvalue weighted by Gasteiger charge is -2.23. The Balaban J connectivity index is 2.43. The smallest absolute Gasteiger partial charge is 0.338 e. The van der Waals surface area contributed by atoms with Crippen molar-refractivity contribution in [1.29, 1.82) is 0 Å². The average Bonchev–Trinajstić information content (AvgIpc) is 3.29. The second-order valence-electron chi connectivity index (χ2n) is 20.1. The highest BCUT2D eigenvalue weighted by molar-refractivity contribution is 5.93. The van der Waals surface area contributed by atoms with Gasteiger partial charge in [-0.05, 0) is 77.8 Å². The summed E-state index contributed by atoms with van der Waals surface area (Å²) in [6.07, 6.45) is 28.4. The quantitative estimate of drug-likeness (QED) is 0.0250. The van der Waals surface area contributed by atoms with Crippen molar-refractivity contribution in [3.63, 3.8) is 0 Å². The van der Waals surface area contributed by atoms with Gasteiger partial charge in [-0.25, -0.2) is 9.59 Å². The van der Waals surface area contributed by atoms with E-state index in [1.165, 1.54) is 77.7 Å². The minimum Gasteiger partial charge on any atom is -0.466 e. The van der Waals surface area contributed by atoms with E-state index in [4.69, 9.17) is 14.2 Å². The van der Waals surface area contributed by atoms with Crippen LogP contribution in [-0.4, -0.2) is 106 Å². The first kappa shape index (κ1) is 62.0. The molecule has 0 bridgehead atoms. The molecule has 0 aliphatic rings. The number of carbonyl (C=O) groups excluding carboxylic acids is 6. The molecule has 13 nitrogen and oxygen atoms in total. The number of hydrogen-bond acceptors (Lipinski definition) is 9. The minimum absolute atomic E-state index is 0.00338. The molecule has 0 radical (unpaired) electrons. The van der Waals surface area contributed by atoms with Crippen LogP contribution in [0.3, 0.4) is 0 Å². The van der Waals surface area contributed by atoms with E-state index in [0.29, 0.717) is 25.0 Å². The molecule has 0 aliphatic carbocycles. The van der Waals surface area contributed by atoms with E-state index < -0.39 is 41.9 Å². The molecule has 0 aromatic heterocycles. The van der Waals surface area contributed by atoms with Crippen molar-refractivity contribution in [2.24, 2.45) is 0 Å². The van der Waals surface area contributed by atoms with Crippen molar-refractivity contribution >= 4 is 35.6 Å². The fourth-order valence-corrected chi connectivity index (χ4v) is 7.85. The number of hydrogen-bond donors (Lipinski definition) is 3. The number of ether oxygens (including phenoxy) is 3. The van der Waals surface area contributed by atoms with Crippen molar-refractivity contribution < 1.29 is 47.5 Å². The molecular formula is C55H97N4O9+. The van der Waals surface area contributed by atoms with Gasteiger partial charge in [0.2, 0.25) is 17.7 Å². The maximum Gasteiger partial charge on any atom is 0.338 e. The van der Waals surface area contributed by atoms with Crippen LogP contribution in [0.1, 0.15) is 223 Å². The van der Waals surface area contributed by atoms with Crippen LogP contribution in [0.4, 0.5) is 0 Å². The van der Waals surface area contributed by atoms with Crippen molar-refractivity contribution in [2.45, 2.75) is 232 Å². The zero-order chi connectivity index (χ0) is 50.3. The molecule has 0 fully saturated rings. The number of rotatable bonds is 43. The molecule has 13 heteroatoms. The number of esters is 3. The molecule has 0 aliphatic heterocycles. The molecule has 0 spiro atoms. The van der Waals surface area contributed by atoms with Crippen LogP contribution in [0.5, 0.6) is 0 Å². The summed E-state index contributed by atoms with van der Waals surface area (Å²) in [6.45, 7) is 9.40. The van der Waals surface area contributed by atoms with E-state index in [-0.39, 0.29) is 37.9 Å². The average molecular weight is 958 g/mol. The van der Waals surface area contributed by atoms with Crippen molar-refractivity contribution in [3.8, 4) is 0 Å². The van der Waals surface area contributed by atoms with E-state index in [1.54, 1.807) is 19.1 Å². The summed E-state index contributed by atoms with van der Waals surface area (Å²) in [6, 6.07) is 4.43. The van der Waals surface area contributed by atoms with Crippen LogP contribution >= 0.6 is 0 Å². The van der Waals surface area contributed by atoms with Gasteiger partial charge in [-0.1, -0.05) is 153 Å². The largest absolute Gasteiger partial charge is 0.466 e. The summed E-state index contributed by atoms with van der Waals surface area (Å²) in [5.41, 5.74) is 1.68. The molecule has 1 aromatic rings. The Kier molecular flexibility index (Phi) is 36.3. The van der Waals surface area contributed by atoms with Gasteiger partial charge in [-0.15, -0.1) is 0 Å². The summed E-state index contributed by atoms with van der Waals surface area (Å²) in [7, 11) is 6.66. The Morgan fingerprint density at radius 1 is 0.500 bits per heavy atom. The fourth-order valence-electron chi connectivity index (χ4n) is 7.85. The third-order valence-corrected chi connectivity index (χ3v) is 12.3. The van der Waals surface area contributed by atoms with Gasteiger partial charge in [0, 0.05) is 12.8 Å². The number of benzene rings is 1. The van der Waals surface area contributed by atoms with Crippen LogP contribution in [-0.2, 0) is 38.2 Å². The molecule has 0 saturated carbocycles. The minimum atomic E-state index is -1.09. The second kappa shape index (κ2) is 39.8. The molecule has 68 heavy (non-hydrogen) atoms. The van der Waals surface area contributed by atoms with E-state index in [0.717, 1.165) is 106 Å². The Morgan fingerprint density at radius 2 is 0.926 bits per heavy atom. The molecule has 390 valence electrons. The molecule has 3 amide bonds. The number of nitrogens with one attached hydrogen (secondary N) is 3. The predicted molar refractivity (Wildman–Crippen MR) is 273 cm³/mol. The third-order valence-electron chi connectivity index (χ3n) is 12.3. The van der Waals surface area contributed by atoms with Gasteiger partial charge in [-0.2, -0.15) is 0 Å². The van der Waals surface area contributed by atoms with Gasteiger partial charge in [0.25, 0.3) is 0 Å². The first-order valence-electron chi connectivity index (χ1n) is 26.9. The Morgan fingerprint density at radius 3 is 1.44 bits per heavy atom. The Bertz CT molecular complexity index is 1510. The number of carbonyl (C=O) groups is 6. The zero-order valence-corrected chi connectivity index (χ0v) is 44.0. The molecule has 0 unspecified atom stereocenters. The molecule has 1 aromatic carbocycles. The number of amides is 3.